The van der Waals surface area contributed by atoms with Gasteiger partial charge in [0, 0.05) is 17.0 Å². The first-order chi connectivity index (χ1) is 13.9. The van der Waals surface area contributed by atoms with Crippen molar-refractivity contribution in [3.63, 3.8) is 0 Å². The first-order valence-electron chi connectivity index (χ1n) is 9.96. The minimum atomic E-state index is 0.0230. The van der Waals surface area contributed by atoms with Crippen molar-refractivity contribution in [3.05, 3.63) is 53.1 Å². The first kappa shape index (κ1) is 21.8. The minimum Gasteiger partial charge on any atom is -0.309 e. The van der Waals surface area contributed by atoms with Crippen LogP contribution in [0.25, 0.3) is 10.2 Å². The Bertz CT molecular complexity index is 958. The highest BCUT2D eigenvalue weighted by atomic mass is 32.2. The molecule has 3 aromatic rings. The number of anilines is 1. The van der Waals surface area contributed by atoms with Gasteiger partial charge in [0.2, 0.25) is 0 Å². The molecular formula is C23H29N3OS2. The summed E-state index contributed by atoms with van der Waals surface area (Å²) in [6.45, 7) is 7.92. The molecule has 0 radical (unpaired) electrons. The third-order valence-electron chi connectivity index (χ3n) is 4.85. The summed E-state index contributed by atoms with van der Waals surface area (Å²) in [7, 11) is 4.11. The smallest absolute Gasteiger partial charge is 0.260 e. The zero-order valence-corrected chi connectivity index (χ0v) is 19.5. The van der Waals surface area contributed by atoms with Crippen molar-refractivity contribution in [2.75, 3.05) is 37.8 Å². The molecule has 0 fully saturated rings. The summed E-state index contributed by atoms with van der Waals surface area (Å²) in [6, 6.07) is 12.2. The molecule has 0 atom stereocenters. The van der Waals surface area contributed by atoms with Gasteiger partial charge in [-0.15, -0.1) is 11.8 Å². The summed E-state index contributed by atoms with van der Waals surface area (Å²) in [5, 5.41) is 0.780. The van der Waals surface area contributed by atoms with Crippen LogP contribution in [0.5, 0.6) is 0 Å². The van der Waals surface area contributed by atoms with Crippen LogP contribution < -0.4 is 4.90 Å². The van der Waals surface area contributed by atoms with Crippen molar-refractivity contribution in [2.45, 2.75) is 32.1 Å². The fourth-order valence-corrected chi connectivity index (χ4v) is 4.94. The average Bonchev–Trinajstić information content (AvgIpc) is 3.07. The van der Waals surface area contributed by atoms with Gasteiger partial charge in [0.15, 0.2) is 5.13 Å². The van der Waals surface area contributed by atoms with Gasteiger partial charge < -0.3 is 4.90 Å². The molecule has 0 aliphatic heterocycles. The van der Waals surface area contributed by atoms with E-state index in [1.165, 1.54) is 11.1 Å². The Morgan fingerprint density at radius 3 is 2.59 bits per heavy atom. The number of carbonyl (C=O) groups is 1. The maximum Gasteiger partial charge on any atom is 0.260 e. The van der Waals surface area contributed by atoms with Gasteiger partial charge in [-0.05, 0) is 88.1 Å². The van der Waals surface area contributed by atoms with Crippen LogP contribution in [0.3, 0.4) is 0 Å². The van der Waals surface area contributed by atoms with Gasteiger partial charge in [-0.1, -0.05) is 24.3 Å². The predicted octanol–water partition coefficient (Wildman–Crippen LogP) is 5.62. The van der Waals surface area contributed by atoms with Gasteiger partial charge in [-0.3, -0.25) is 9.69 Å². The molecule has 29 heavy (non-hydrogen) atoms. The number of aryl methyl sites for hydroxylation is 2. The van der Waals surface area contributed by atoms with Crippen molar-refractivity contribution < 1.29 is 4.79 Å². The van der Waals surface area contributed by atoms with E-state index in [4.69, 9.17) is 4.98 Å². The second-order valence-corrected chi connectivity index (χ2v) is 9.82. The van der Waals surface area contributed by atoms with E-state index in [2.05, 4.69) is 58.0 Å². The van der Waals surface area contributed by atoms with Crippen LogP contribution in [0.4, 0.5) is 5.13 Å². The molecule has 0 N–H and O–H groups in total. The van der Waals surface area contributed by atoms with Gasteiger partial charge in [-0.2, -0.15) is 0 Å². The number of thiazole rings is 1. The van der Waals surface area contributed by atoms with E-state index in [-0.39, 0.29) is 5.91 Å². The highest BCUT2D eigenvalue weighted by Gasteiger charge is 2.21. The van der Waals surface area contributed by atoms with Crippen LogP contribution in [0, 0.1) is 13.8 Å². The molecule has 0 spiro atoms. The third-order valence-corrected chi connectivity index (χ3v) is 6.76. The number of hydrogen-bond donors (Lipinski definition) is 0. The fourth-order valence-electron chi connectivity index (χ4n) is 3.15. The lowest BCUT2D eigenvalue weighted by Gasteiger charge is -2.21. The summed E-state index contributed by atoms with van der Waals surface area (Å²) in [5.41, 5.74) is 4.17. The fraction of sp³-hybridized carbons (Fsp3) is 0.391. The molecule has 0 aliphatic rings. The maximum absolute atomic E-state index is 13.5. The molecular weight excluding hydrogens is 398 g/mol. The monoisotopic (exact) mass is 427 g/mol. The van der Waals surface area contributed by atoms with Gasteiger partial charge in [0.1, 0.15) is 0 Å². The lowest BCUT2D eigenvalue weighted by molar-refractivity contribution is 0.0986. The summed E-state index contributed by atoms with van der Waals surface area (Å²) in [5.74, 6) is 1.01. The summed E-state index contributed by atoms with van der Waals surface area (Å²) in [6.07, 6.45) is 0.899. The van der Waals surface area contributed by atoms with Crippen molar-refractivity contribution in [1.82, 2.24) is 9.88 Å². The summed E-state index contributed by atoms with van der Waals surface area (Å²) in [4.78, 5) is 23.4. The van der Waals surface area contributed by atoms with E-state index in [0.717, 1.165) is 44.5 Å². The Kier molecular flexibility index (Phi) is 7.33. The zero-order valence-electron chi connectivity index (χ0n) is 17.9. The predicted molar refractivity (Wildman–Crippen MR) is 127 cm³/mol. The maximum atomic E-state index is 13.5. The van der Waals surface area contributed by atoms with Gasteiger partial charge in [-0.25, -0.2) is 4.98 Å². The second kappa shape index (κ2) is 9.74. The quantitative estimate of drug-likeness (QED) is 0.437. The number of aromatic nitrogens is 1. The Hall–Kier alpha value is -1.89. The molecule has 2 aromatic carbocycles. The van der Waals surface area contributed by atoms with Crippen molar-refractivity contribution in [2.24, 2.45) is 0 Å². The third kappa shape index (κ3) is 5.38. The van der Waals surface area contributed by atoms with Crippen LogP contribution in [-0.4, -0.2) is 48.7 Å². The largest absolute Gasteiger partial charge is 0.309 e. The number of nitrogens with zero attached hydrogens (tertiary/aromatic N) is 3. The molecule has 4 nitrogen and oxygen atoms in total. The standard InChI is InChI=1S/C23H29N3OS2/c1-6-28-19-10-7-9-18(15-19)22(27)26(12-8-11-25(4)5)23-24-20-13-16(2)17(3)14-21(20)29-23/h7,9-10,13-15H,6,8,11-12H2,1-5H3. The number of carbonyl (C=O) groups excluding carboxylic acids is 1. The minimum absolute atomic E-state index is 0.0230. The van der Waals surface area contributed by atoms with Crippen LogP contribution in [-0.2, 0) is 0 Å². The Balaban J connectivity index is 1.95. The molecule has 6 heteroatoms. The van der Waals surface area contributed by atoms with E-state index in [9.17, 15) is 4.79 Å². The Labute approximate surface area is 181 Å². The molecule has 0 aliphatic carbocycles. The van der Waals surface area contributed by atoms with Crippen LogP contribution in [0.15, 0.2) is 41.3 Å². The molecule has 0 saturated carbocycles. The lowest BCUT2D eigenvalue weighted by Crippen LogP contribution is -2.33. The number of hydrogen-bond acceptors (Lipinski definition) is 5. The average molecular weight is 428 g/mol. The SMILES string of the molecule is CCSc1cccc(C(=O)N(CCCN(C)C)c2nc3cc(C)c(C)cc3s2)c1. The molecule has 0 bridgehead atoms. The summed E-state index contributed by atoms with van der Waals surface area (Å²) < 4.78 is 1.13. The number of benzene rings is 2. The zero-order chi connectivity index (χ0) is 21.0. The molecule has 154 valence electrons. The van der Waals surface area contributed by atoms with Crippen molar-refractivity contribution >= 4 is 44.4 Å². The van der Waals surface area contributed by atoms with Gasteiger partial charge >= 0.3 is 0 Å². The highest BCUT2D eigenvalue weighted by Crippen LogP contribution is 2.32. The van der Waals surface area contributed by atoms with E-state index in [1.807, 2.05) is 23.1 Å². The molecule has 0 unspecified atom stereocenters. The van der Waals surface area contributed by atoms with Gasteiger partial charge in [0.05, 0.1) is 10.2 Å². The Morgan fingerprint density at radius 1 is 1.10 bits per heavy atom. The van der Waals surface area contributed by atoms with Crippen LogP contribution in [0.2, 0.25) is 0 Å². The first-order valence-corrected chi connectivity index (χ1v) is 11.8. The van der Waals surface area contributed by atoms with E-state index in [1.54, 1.807) is 23.1 Å². The summed E-state index contributed by atoms with van der Waals surface area (Å²) >= 11 is 3.35. The number of rotatable bonds is 8. The second-order valence-electron chi connectivity index (χ2n) is 7.48. The van der Waals surface area contributed by atoms with Crippen LogP contribution in [0.1, 0.15) is 34.8 Å². The van der Waals surface area contributed by atoms with Crippen molar-refractivity contribution in [1.29, 1.82) is 0 Å². The van der Waals surface area contributed by atoms with Gasteiger partial charge in [0.25, 0.3) is 5.91 Å². The molecule has 1 aromatic heterocycles. The Morgan fingerprint density at radius 2 is 1.86 bits per heavy atom. The molecule has 3 rings (SSSR count). The molecule has 1 heterocycles. The number of amides is 1. The normalized spacial score (nSPS) is 11.4. The number of fused-ring (bicyclic) bond motifs is 1. The lowest BCUT2D eigenvalue weighted by atomic mass is 10.1. The van der Waals surface area contributed by atoms with E-state index in [0.29, 0.717) is 6.54 Å². The van der Waals surface area contributed by atoms with Crippen molar-refractivity contribution in [3.8, 4) is 0 Å². The molecule has 0 saturated heterocycles. The highest BCUT2D eigenvalue weighted by molar-refractivity contribution is 7.99. The molecule has 1 amide bonds. The topological polar surface area (TPSA) is 36.4 Å². The number of thioether (sulfide) groups is 1. The van der Waals surface area contributed by atoms with E-state index >= 15 is 0 Å². The van der Waals surface area contributed by atoms with E-state index < -0.39 is 0 Å². The van der Waals surface area contributed by atoms with Crippen LogP contribution >= 0.6 is 23.1 Å².